The second-order valence-corrected chi connectivity index (χ2v) is 4.04. The van der Waals surface area contributed by atoms with Gasteiger partial charge in [0.05, 0.1) is 0 Å². The van der Waals surface area contributed by atoms with Crippen LogP contribution in [0.2, 0.25) is 10.3 Å². The molecule has 1 aromatic rings. The molecule has 0 aliphatic heterocycles. The van der Waals surface area contributed by atoms with E-state index in [-0.39, 0.29) is 0 Å². The van der Waals surface area contributed by atoms with Crippen LogP contribution in [-0.2, 0) is 6.54 Å². The molecule has 14 heavy (non-hydrogen) atoms. The molecule has 1 rings (SSSR count). The van der Waals surface area contributed by atoms with Crippen molar-refractivity contribution in [3.8, 4) is 0 Å². The van der Waals surface area contributed by atoms with Gasteiger partial charge in [0.2, 0.25) is 0 Å². The van der Waals surface area contributed by atoms with Gasteiger partial charge < -0.3 is 0 Å². The van der Waals surface area contributed by atoms with Crippen molar-refractivity contribution in [3.05, 3.63) is 22.7 Å². The first-order chi connectivity index (χ1) is 6.75. The fraction of sp³-hybridized carbons (Fsp3) is 0.600. The average Bonchev–Trinajstić information content (AvgIpc) is 2.16. The summed E-state index contributed by atoms with van der Waals surface area (Å²) in [4.78, 5) is 3.90. The average molecular weight is 234 g/mol. The van der Waals surface area contributed by atoms with Crippen LogP contribution >= 0.6 is 23.2 Å². The van der Waals surface area contributed by atoms with Crippen LogP contribution < -0.4 is 4.57 Å². The standard InChI is InChI=1S/C10H15Cl2N2/c1-2-3-4-5-6-14-9(11)7-13-8-10(14)12/h7-8H,2-6H2,1H3/q+1. The highest BCUT2D eigenvalue weighted by Gasteiger charge is 2.12. The van der Waals surface area contributed by atoms with Gasteiger partial charge in [0, 0.05) is 6.42 Å². The smallest absolute Gasteiger partial charge is 0.249 e. The van der Waals surface area contributed by atoms with Crippen LogP contribution in [0.4, 0.5) is 0 Å². The summed E-state index contributed by atoms with van der Waals surface area (Å²) in [5.74, 6) is 0. The lowest BCUT2D eigenvalue weighted by atomic mass is 10.2. The molecule has 1 heterocycles. The van der Waals surface area contributed by atoms with Crippen LogP contribution in [0.1, 0.15) is 32.6 Å². The van der Waals surface area contributed by atoms with E-state index >= 15 is 0 Å². The maximum atomic E-state index is 5.96. The van der Waals surface area contributed by atoms with Crippen LogP contribution in [0.5, 0.6) is 0 Å². The number of hydrogen-bond acceptors (Lipinski definition) is 1. The van der Waals surface area contributed by atoms with Gasteiger partial charge in [-0.15, -0.1) is 0 Å². The van der Waals surface area contributed by atoms with E-state index in [0.29, 0.717) is 10.3 Å². The summed E-state index contributed by atoms with van der Waals surface area (Å²) in [5, 5.41) is 1.21. The Kier molecular flexibility index (Phi) is 5.20. The summed E-state index contributed by atoms with van der Waals surface area (Å²) in [5.41, 5.74) is 0. The SMILES string of the molecule is CCCCCC[n+]1c(Cl)cncc1Cl. The third-order valence-corrected chi connectivity index (χ3v) is 2.72. The molecule has 0 aromatic carbocycles. The lowest BCUT2D eigenvalue weighted by Gasteiger charge is -1.99. The highest BCUT2D eigenvalue weighted by molar-refractivity contribution is 6.30. The summed E-state index contributed by atoms with van der Waals surface area (Å²) < 4.78 is 1.88. The van der Waals surface area contributed by atoms with Gasteiger partial charge in [0.15, 0.2) is 6.54 Å². The van der Waals surface area contributed by atoms with Crippen molar-refractivity contribution in [2.45, 2.75) is 39.2 Å². The molecule has 4 heteroatoms. The van der Waals surface area contributed by atoms with E-state index in [1.54, 1.807) is 12.4 Å². The summed E-state index contributed by atoms with van der Waals surface area (Å²) in [6.45, 7) is 3.07. The fourth-order valence-corrected chi connectivity index (χ4v) is 1.82. The molecule has 0 spiro atoms. The van der Waals surface area contributed by atoms with Crippen molar-refractivity contribution in [1.29, 1.82) is 0 Å². The van der Waals surface area contributed by atoms with Crippen molar-refractivity contribution >= 4 is 23.2 Å². The van der Waals surface area contributed by atoms with Crippen LogP contribution in [0, 0.1) is 0 Å². The fourth-order valence-electron chi connectivity index (χ4n) is 1.31. The van der Waals surface area contributed by atoms with Gasteiger partial charge in [-0.1, -0.05) is 19.8 Å². The zero-order valence-corrected chi connectivity index (χ0v) is 9.85. The van der Waals surface area contributed by atoms with Crippen LogP contribution in [0.3, 0.4) is 0 Å². The second kappa shape index (κ2) is 6.20. The molecule has 0 aliphatic carbocycles. The van der Waals surface area contributed by atoms with Crippen LogP contribution in [0.15, 0.2) is 12.4 Å². The first kappa shape index (κ1) is 11.7. The lowest BCUT2D eigenvalue weighted by molar-refractivity contribution is -0.693. The Bertz CT molecular complexity index is 269. The maximum absolute atomic E-state index is 5.96. The van der Waals surface area contributed by atoms with E-state index < -0.39 is 0 Å². The molecule has 0 radical (unpaired) electrons. The normalized spacial score (nSPS) is 10.5. The largest absolute Gasteiger partial charge is 0.294 e. The predicted octanol–water partition coefficient (Wildman–Crippen LogP) is 3.26. The Morgan fingerprint density at radius 3 is 2.36 bits per heavy atom. The summed E-state index contributed by atoms with van der Waals surface area (Å²) in [7, 11) is 0. The van der Waals surface area contributed by atoms with Gasteiger partial charge in [-0.05, 0) is 29.6 Å². The van der Waals surface area contributed by atoms with E-state index in [1.807, 2.05) is 4.57 Å². The molecule has 2 nitrogen and oxygen atoms in total. The Hall–Kier alpha value is -0.340. The Morgan fingerprint density at radius 2 is 1.79 bits per heavy atom. The molecule has 1 aromatic heterocycles. The summed E-state index contributed by atoms with van der Waals surface area (Å²) in [6, 6.07) is 0. The minimum Gasteiger partial charge on any atom is -0.249 e. The number of rotatable bonds is 5. The first-order valence-corrected chi connectivity index (χ1v) is 5.70. The van der Waals surface area contributed by atoms with E-state index in [0.717, 1.165) is 13.0 Å². The Balaban J connectivity index is 2.49. The molecule has 0 fully saturated rings. The Morgan fingerprint density at radius 1 is 1.14 bits per heavy atom. The zero-order valence-electron chi connectivity index (χ0n) is 8.34. The molecule has 0 N–H and O–H groups in total. The first-order valence-electron chi connectivity index (χ1n) is 4.94. The van der Waals surface area contributed by atoms with Crippen molar-refractivity contribution in [2.24, 2.45) is 0 Å². The number of aromatic nitrogens is 2. The van der Waals surface area contributed by atoms with Gasteiger partial charge >= 0.3 is 0 Å². The van der Waals surface area contributed by atoms with E-state index in [2.05, 4.69) is 11.9 Å². The molecule has 0 aliphatic rings. The van der Waals surface area contributed by atoms with Crippen LogP contribution in [-0.4, -0.2) is 4.98 Å². The molecule has 0 saturated carbocycles. The molecule has 0 atom stereocenters. The topological polar surface area (TPSA) is 16.8 Å². The third-order valence-electron chi connectivity index (χ3n) is 2.11. The third kappa shape index (κ3) is 3.43. The zero-order chi connectivity index (χ0) is 10.4. The van der Waals surface area contributed by atoms with Gasteiger partial charge in [0.1, 0.15) is 12.4 Å². The van der Waals surface area contributed by atoms with Crippen molar-refractivity contribution < 1.29 is 4.57 Å². The van der Waals surface area contributed by atoms with Crippen LogP contribution in [0.25, 0.3) is 0 Å². The number of hydrogen-bond donors (Lipinski definition) is 0. The minimum atomic E-state index is 0.606. The number of unbranched alkanes of at least 4 members (excludes halogenated alkanes) is 3. The van der Waals surface area contributed by atoms with E-state index in [1.165, 1.54) is 19.3 Å². The molecule has 0 amide bonds. The van der Waals surface area contributed by atoms with Crippen molar-refractivity contribution in [1.82, 2.24) is 4.98 Å². The van der Waals surface area contributed by atoms with Gasteiger partial charge in [0.25, 0.3) is 10.3 Å². The Labute approximate surface area is 94.9 Å². The number of nitrogens with zero attached hydrogens (tertiary/aromatic N) is 2. The highest BCUT2D eigenvalue weighted by atomic mass is 35.5. The highest BCUT2D eigenvalue weighted by Crippen LogP contribution is 2.07. The van der Waals surface area contributed by atoms with E-state index in [4.69, 9.17) is 23.2 Å². The van der Waals surface area contributed by atoms with E-state index in [9.17, 15) is 0 Å². The molecule has 0 unspecified atom stereocenters. The predicted molar refractivity (Wildman–Crippen MR) is 58.6 cm³/mol. The van der Waals surface area contributed by atoms with Gasteiger partial charge in [-0.3, -0.25) is 0 Å². The maximum Gasteiger partial charge on any atom is 0.294 e. The van der Waals surface area contributed by atoms with Gasteiger partial charge in [-0.25, -0.2) is 4.98 Å². The number of halogens is 2. The quantitative estimate of drug-likeness (QED) is 0.564. The van der Waals surface area contributed by atoms with Crippen molar-refractivity contribution in [3.63, 3.8) is 0 Å². The van der Waals surface area contributed by atoms with Gasteiger partial charge in [-0.2, -0.15) is 4.57 Å². The summed E-state index contributed by atoms with van der Waals surface area (Å²) >= 11 is 11.9. The monoisotopic (exact) mass is 233 g/mol. The molecular weight excluding hydrogens is 219 g/mol. The minimum absolute atomic E-state index is 0.606. The second-order valence-electron chi connectivity index (χ2n) is 3.27. The van der Waals surface area contributed by atoms with Crippen molar-refractivity contribution in [2.75, 3.05) is 0 Å². The molecule has 78 valence electrons. The summed E-state index contributed by atoms with van der Waals surface area (Å²) in [6.07, 6.45) is 8.07. The molecule has 0 saturated heterocycles. The lowest BCUT2D eigenvalue weighted by Crippen LogP contribution is -2.36. The molecular formula is C10H15Cl2N2+. The molecule has 0 bridgehead atoms.